The fourth-order valence-corrected chi connectivity index (χ4v) is 4.29. The van der Waals surface area contributed by atoms with Crippen molar-refractivity contribution in [3.8, 4) is 0 Å². The van der Waals surface area contributed by atoms with Crippen molar-refractivity contribution in [2.45, 2.75) is 25.4 Å². The Morgan fingerprint density at radius 1 is 0.757 bits per heavy atom. The van der Waals surface area contributed by atoms with Gasteiger partial charge in [-0.05, 0) is 52.9 Å². The molecule has 0 aromatic heterocycles. The topological polar surface area (TPSA) is 49.4 Å². The van der Waals surface area contributed by atoms with Crippen LogP contribution in [0.3, 0.4) is 0 Å². The minimum absolute atomic E-state index is 0.0962. The molecule has 4 aromatic carbocycles. The van der Waals surface area contributed by atoms with Gasteiger partial charge < -0.3 is 10.2 Å². The first-order valence-corrected chi connectivity index (χ1v) is 12.5. The van der Waals surface area contributed by atoms with Gasteiger partial charge in [0.25, 0.3) is 0 Å². The fraction of sp³-hybridized carbons (Fsp3) is 0.161. The quantitative estimate of drug-likeness (QED) is 0.276. The van der Waals surface area contributed by atoms with Crippen LogP contribution in [-0.2, 0) is 29.0 Å². The maximum absolute atomic E-state index is 13.7. The largest absolute Gasteiger partial charge is 0.354 e. The zero-order valence-electron chi connectivity index (χ0n) is 20.3. The number of halogens is 2. The van der Waals surface area contributed by atoms with Crippen molar-refractivity contribution in [2.24, 2.45) is 0 Å². The average Bonchev–Trinajstić information content (AvgIpc) is 2.92. The number of amides is 2. The highest BCUT2D eigenvalue weighted by Crippen LogP contribution is 2.25. The molecular weight excluding hydrogens is 487 g/mol. The Morgan fingerprint density at radius 3 is 2.00 bits per heavy atom. The van der Waals surface area contributed by atoms with E-state index in [0.717, 1.165) is 16.7 Å². The van der Waals surface area contributed by atoms with Crippen molar-refractivity contribution in [3.63, 3.8) is 0 Å². The summed E-state index contributed by atoms with van der Waals surface area (Å²) in [5.74, 6) is -0.853. The van der Waals surface area contributed by atoms with Crippen molar-refractivity contribution in [2.75, 3.05) is 6.54 Å². The van der Waals surface area contributed by atoms with Crippen LogP contribution in [-0.4, -0.2) is 23.3 Å². The molecule has 1 N–H and O–H groups in total. The molecule has 0 spiro atoms. The minimum Gasteiger partial charge on any atom is -0.354 e. The highest BCUT2D eigenvalue weighted by molar-refractivity contribution is 6.30. The number of carbonyl (C=O) groups excluding carboxylic acids is 2. The van der Waals surface area contributed by atoms with Crippen molar-refractivity contribution >= 4 is 23.4 Å². The summed E-state index contributed by atoms with van der Waals surface area (Å²) in [7, 11) is 0. The van der Waals surface area contributed by atoms with Gasteiger partial charge in [0.2, 0.25) is 11.8 Å². The third-order valence-corrected chi connectivity index (χ3v) is 6.34. The van der Waals surface area contributed by atoms with Crippen LogP contribution >= 0.6 is 11.6 Å². The molecule has 4 aromatic rings. The van der Waals surface area contributed by atoms with Crippen molar-refractivity contribution in [1.82, 2.24) is 10.2 Å². The molecule has 0 saturated heterocycles. The summed E-state index contributed by atoms with van der Waals surface area (Å²) < 4.78 is 13.6. The number of nitrogens with zero attached hydrogens (tertiary/aromatic N) is 1. The number of hydrogen-bond acceptors (Lipinski definition) is 2. The molecule has 0 bridgehead atoms. The Bertz CT molecular complexity index is 1300. The van der Waals surface area contributed by atoms with Gasteiger partial charge in [-0.25, -0.2) is 4.39 Å². The molecule has 0 aliphatic rings. The number of benzene rings is 4. The molecule has 0 saturated carbocycles. The number of hydrogen-bond donors (Lipinski definition) is 1. The summed E-state index contributed by atoms with van der Waals surface area (Å²) >= 11 is 6.02. The van der Waals surface area contributed by atoms with E-state index >= 15 is 0 Å². The predicted molar refractivity (Wildman–Crippen MR) is 144 cm³/mol. The van der Waals surface area contributed by atoms with E-state index in [1.54, 1.807) is 41.3 Å². The third-order valence-electron chi connectivity index (χ3n) is 6.09. The monoisotopic (exact) mass is 514 g/mol. The molecule has 0 aliphatic carbocycles. The molecule has 0 fully saturated rings. The van der Waals surface area contributed by atoms with Gasteiger partial charge in [-0.2, -0.15) is 0 Å². The normalized spacial score (nSPS) is 11.5. The minimum atomic E-state index is -0.859. The first-order valence-electron chi connectivity index (χ1n) is 12.1. The van der Waals surface area contributed by atoms with Crippen LogP contribution in [0.15, 0.2) is 109 Å². The van der Waals surface area contributed by atoms with Gasteiger partial charge in [0.1, 0.15) is 11.9 Å². The van der Waals surface area contributed by atoms with Crippen LogP contribution in [0.4, 0.5) is 4.39 Å². The average molecular weight is 515 g/mol. The maximum atomic E-state index is 13.7. The van der Waals surface area contributed by atoms with E-state index in [1.165, 1.54) is 12.1 Å². The van der Waals surface area contributed by atoms with E-state index in [-0.39, 0.29) is 30.6 Å². The lowest BCUT2D eigenvalue weighted by atomic mass is 10.0. The lowest BCUT2D eigenvalue weighted by molar-refractivity contribution is -0.141. The molecular formula is C31H28ClFN2O2. The molecule has 1 atom stereocenters. The molecule has 0 heterocycles. The molecule has 0 unspecified atom stereocenters. The zero-order valence-corrected chi connectivity index (χ0v) is 21.1. The van der Waals surface area contributed by atoms with E-state index in [9.17, 15) is 14.0 Å². The Hall–Kier alpha value is -3.96. The van der Waals surface area contributed by atoms with Crippen molar-refractivity contribution in [1.29, 1.82) is 0 Å². The number of carbonyl (C=O) groups is 2. The van der Waals surface area contributed by atoms with Crippen LogP contribution in [0, 0.1) is 5.82 Å². The molecule has 4 rings (SSSR count). The lowest BCUT2D eigenvalue weighted by Crippen LogP contribution is -2.44. The predicted octanol–water partition coefficient (Wildman–Crippen LogP) is 6.15. The first kappa shape index (κ1) is 26.1. The van der Waals surface area contributed by atoms with Crippen LogP contribution in [0.2, 0.25) is 5.02 Å². The molecule has 188 valence electrons. The van der Waals surface area contributed by atoms with Crippen molar-refractivity contribution in [3.05, 3.63) is 142 Å². The second-order valence-electron chi connectivity index (χ2n) is 8.79. The van der Waals surface area contributed by atoms with Gasteiger partial charge in [-0.3, -0.25) is 9.59 Å². The summed E-state index contributed by atoms with van der Waals surface area (Å²) in [5, 5.41) is 3.60. The van der Waals surface area contributed by atoms with E-state index < -0.39 is 6.04 Å². The summed E-state index contributed by atoms with van der Waals surface area (Å²) in [6.07, 6.45) is 0.768. The smallest absolute Gasteiger partial charge is 0.247 e. The van der Waals surface area contributed by atoms with Gasteiger partial charge in [0, 0.05) is 18.1 Å². The number of rotatable bonds is 10. The van der Waals surface area contributed by atoms with Gasteiger partial charge >= 0.3 is 0 Å². The molecule has 6 heteroatoms. The lowest BCUT2D eigenvalue weighted by Gasteiger charge is -2.32. The second-order valence-corrected chi connectivity index (χ2v) is 9.23. The molecule has 2 amide bonds. The number of nitrogens with one attached hydrogen (secondary N) is 1. The van der Waals surface area contributed by atoms with E-state index in [1.807, 2.05) is 60.7 Å². The zero-order chi connectivity index (χ0) is 26.0. The van der Waals surface area contributed by atoms with E-state index in [2.05, 4.69) is 5.32 Å². The van der Waals surface area contributed by atoms with Gasteiger partial charge in [0.05, 0.1) is 6.42 Å². The van der Waals surface area contributed by atoms with Crippen molar-refractivity contribution < 1.29 is 14.0 Å². The third kappa shape index (κ3) is 7.51. The second kappa shape index (κ2) is 12.8. The SMILES string of the molecule is O=C(NCCc1ccccc1)[C@H](c1ccccc1)N(Cc1ccc(F)cc1)C(=O)Cc1ccc(Cl)cc1. The molecule has 0 radical (unpaired) electrons. The van der Waals surface area contributed by atoms with Crippen LogP contribution < -0.4 is 5.32 Å². The highest BCUT2D eigenvalue weighted by atomic mass is 35.5. The molecule has 37 heavy (non-hydrogen) atoms. The summed E-state index contributed by atoms with van der Waals surface area (Å²) in [5.41, 5.74) is 3.32. The Balaban J connectivity index is 1.62. The van der Waals surface area contributed by atoms with Crippen LogP contribution in [0.5, 0.6) is 0 Å². The standard InChI is InChI=1S/C31H28ClFN2O2/c32-27-15-11-24(12-16-27)21-29(36)35(22-25-13-17-28(33)18-14-25)30(26-9-5-2-6-10-26)31(37)34-20-19-23-7-3-1-4-8-23/h1-18,30H,19-22H2,(H,34,37)/t30-/m0/s1. The fourth-order valence-electron chi connectivity index (χ4n) is 4.17. The summed E-state index contributed by atoms with van der Waals surface area (Å²) in [6, 6.07) is 31.3. The molecule has 4 nitrogen and oxygen atoms in total. The van der Waals surface area contributed by atoms with Crippen LogP contribution in [0.25, 0.3) is 0 Å². The van der Waals surface area contributed by atoms with E-state index in [0.29, 0.717) is 23.6 Å². The summed E-state index contributed by atoms with van der Waals surface area (Å²) in [6.45, 7) is 0.584. The van der Waals surface area contributed by atoms with Gasteiger partial charge in [0.15, 0.2) is 0 Å². The van der Waals surface area contributed by atoms with Crippen LogP contribution in [0.1, 0.15) is 28.3 Å². The van der Waals surface area contributed by atoms with Gasteiger partial charge in [-0.1, -0.05) is 96.5 Å². The maximum Gasteiger partial charge on any atom is 0.247 e. The van der Waals surface area contributed by atoms with Gasteiger partial charge in [-0.15, -0.1) is 0 Å². The Labute approximate surface area is 221 Å². The molecule has 0 aliphatic heterocycles. The summed E-state index contributed by atoms with van der Waals surface area (Å²) in [4.78, 5) is 28.9. The highest BCUT2D eigenvalue weighted by Gasteiger charge is 2.31. The Kier molecular flexibility index (Phi) is 9.06. The first-order chi connectivity index (χ1) is 18.0. The Morgan fingerprint density at radius 2 is 1.35 bits per heavy atom. The van der Waals surface area contributed by atoms with E-state index in [4.69, 9.17) is 11.6 Å².